The Bertz CT molecular complexity index is 739. The average Bonchev–Trinajstić information content (AvgIpc) is 3.10. The fourth-order valence-electron chi connectivity index (χ4n) is 1.96. The third-order valence-electron chi connectivity index (χ3n) is 2.98. The first-order chi connectivity index (χ1) is 10.0. The minimum atomic E-state index is -3.54. The molecule has 1 aliphatic heterocycles. The predicted octanol–water partition coefficient (Wildman–Crippen LogP) is 2.33. The Morgan fingerprint density at radius 1 is 1.24 bits per heavy atom. The molecule has 2 N–H and O–H groups in total. The Labute approximate surface area is 125 Å². The maximum absolute atomic E-state index is 12.1. The van der Waals surface area contributed by atoms with E-state index >= 15 is 0 Å². The molecule has 1 fully saturated rings. The average molecular weight is 324 g/mol. The summed E-state index contributed by atoms with van der Waals surface area (Å²) in [5.41, 5.74) is 1.27. The highest BCUT2D eigenvalue weighted by molar-refractivity contribution is 7.94. The quantitative estimate of drug-likeness (QED) is 0.904. The molecule has 1 aromatic carbocycles. The fourth-order valence-corrected chi connectivity index (χ4v) is 4.01. The lowest BCUT2D eigenvalue weighted by atomic mass is 10.1. The molecule has 1 aliphatic rings. The monoisotopic (exact) mass is 324 g/mol. The van der Waals surface area contributed by atoms with Crippen LogP contribution < -0.4 is 10.0 Å². The molecule has 1 unspecified atom stereocenters. The molecule has 0 aliphatic carbocycles. The van der Waals surface area contributed by atoms with Crippen molar-refractivity contribution in [3.63, 3.8) is 0 Å². The van der Waals surface area contributed by atoms with Crippen LogP contribution in [0, 0.1) is 0 Å². The van der Waals surface area contributed by atoms with Crippen molar-refractivity contribution in [3.8, 4) is 0 Å². The van der Waals surface area contributed by atoms with Crippen LogP contribution in [0.4, 0.5) is 10.5 Å². The number of nitrogens with one attached hydrogen (secondary N) is 2. The zero-order chi connectivity index (χ0) is 14.9. The molecule has 1 aromatic heterocycles. The van der Waals surface area contributed by atoms with Crippen LogP contribution in [0.1, 0.15) is 11.7 Å². The minimum Gasteiger partial charge on any atom is -0.439 e. The molecular formula is C13H12N2O4S2. The Balaban J connectivity index is 1.74. The number of hydrogen-bond donors (Lipinski definition) is 2. The molecule has 8 heteroatoms. The van der Waals surface area contributed by atoms with Gasteiger partial charge in [0.25, 0.3) is 10.0 Å². The predicted molar refractivity (Wildman–Crippen MR) is 78.8 cm³/mol. The molecule has 0 saturated carbocycles. The lowest BCUT2D eigenvalue weighted by Gasteiger charge is -2.10. The van der Waals surface area contributed by atoms with Crippen molar-refractivity contribution >= 4 is 33.1 Å². The van der Waals surface area contributed by atoms with E-state index in [1.54, 1.807) is 41.8 Å². The standard InChI is InChI=1S/C13H12N2O4S2/c16-13-14-8-11(19-13)9-3-5-10(6-4-9)15-21(17,18)12-2-1-7-20-12/h1-7,11,15H,8H2,(H,14,16). The highest BCUT2D eigenvalue weighted by atomic mass is 32.2. The number of sulfonamides is 1. The van der Waals surface area contributed by atoms with Crippen molar-refractivity contribution in [2.45, 2.75) is 10.3 Å². The van der Waals surface area contributed by atoms with E-state index in [9.17, 15) is 13.2 Å². The summed E-state index contributed by atoms with van der Waals surface area (Å²) in [4.78, 5) is 11.0. The van der Waals surface area contributed by atoms with Gasteiger partial charge in [-0.3, -0.25) is 4.72 Å². The molecule has 6 nitrogen and oxygen atoms in total. The van der Waals surface area contributed by atoms with Gasteiger partial charge in [0.15, 0.2) is 0 Å². The van der Waals surface area contributed by atoms with Crippen LogP contribution in [0.2, 0.25) is 0 Å². The van der Waals surface area contributed by atoms with E-state index in [4.69, 9.17) is 4.74 Å². The zero-order valence-electron chi connectivity index (χ0n) is 10.8. The Morgan fingerprint density at radius 3 is 2.57 bits per heavy atom. The van der Waals surface area contributed by atoms with E-state index in [-0.39, 0.29) is 10.3 Å². The maximum atomic E-state index is 12.1. The van der Waals surface area contributed by atoms with Gasteiger partial charge in [0.05, 0.1) is 6.54 Å². The third kappa shape index (κ3) is 3.01. The van der Waals surface area contributed by atoms with Gasteiger partial charge in [0, 0.05) is 5.69 Å². The number of ether oxygens (including phenoxy) is 1. The summed E-state index contributed by atoms with van der Waals surface area (Å²) in [5, 5.41) is 4.28. The van der Waals surface area contributed by atoms with Crippen molar-refractivity contribution in [1.82, 2.24) is 5.32 Å². The van der Waals surface area contributed by atoms with Crippen LogP contribution in [0.5, 0.6) is 0 Å². The van der Waals surface area contributed by atoms with Crippen LogP contribution in [-0.4, -0.2) is 21.1 Å². The van der Waals surface area contributed by atoms with Crippen LogP contribution in [0.15, 0.2) is 46.0 Å². The molecule has 21 heavy (non-hydrogen) atoms. The zero-order valence-corrected chi connectivity index (χ0v) is 12.4. The molecule has 0 spiro atoms. The number of anilines is 1. The number of alkyl carbamates (subject to hydrolysis) is 1. The van der Waals surface area contributed by atoms with Crippen LogP contribution in [-0.2, 0) is 14.8 Å². The summed E-state index contributed by atoms with van der Waals surface area (Å²) in [6.45, 7) is 0.416. The first-order valence-electron chi connectivity index (χ1n) is 6.15. The van der Waals surface area contributed by atoms with E-state index in [2.05, 4.69) is 10.0 Å². The number of cyclic esters (lactones) is 1. The fraction of sp³-hybridized carbons (Fsp3) is 0.154. The van der Waals surface area contributed by atoms with Crippen molar-refractivity contribution in [2.24, 2.45) is 0 Å². The first-order valence-corrected chi connectivity index (χ1v) is 8.52. The van der Waals surface area contributed by atoms with Gasteiger partial charge in [0.2, 0.25) is 0 Å². The number of carbonyl (C=O) groups is 1. The van der Waals surface area contributed by atoms with Crippen molar-refractivity contribution < 1.29 is 17.9 Å². The first kappa shape index (κ1) is 13.9. The topological polar surface area (TPSA) is 84.5 Å². The summed E-state index contributed by atoms with van der Waals surface area (Å²) in [6.07, 6.45) is -0.775. The highest BCUT2D eigenvalue weighted by Gasteiger charge is 2.24. The van der Waals surface area contributed by atoms with Crippen LogP contribution >= 0.6 is 11.3 Å². The molecular weight excluding hydrogens is 312 g/mol. The summed E-state index contributed by atoms with van der Waals surface area (Å²) in [7, 11) is -3.54. The molecule has 2 heterocycles. The highest BCUT2D eigenvalue weighted by Crippen LogP contribution is 2.24. The molecule has 1 amide bonds. The van der Waals surface area contributed by atoms with Gasteiger partial charge in [-0.25, -0.2) is 13.2 Å². The summed E-state index contributed by atoms with van der Waals surface area (Å²) >= 11 is 1.16. The van der Waals surface area contributed by atoms with Crippen LogP contribution in [0.25, 0.3) is 0 Å². The minimum absolute atomic E-state index is 0.264. The van der Waals surface area contributed by atoms with E-state index in [1.807, 2.05) is 0 Å². The maximum Gasteiger partial charge on any atom is 0.407 e. The SMILES string of the molecule is O=C1NCC(c2ccc(NS(=O)(=O)c3cccs3)cc2)O1. The van der Waals surface area contributed by atoms with E-state index in [0.29, 0.717) is 12.2 Å². The van der Waals surface area contributed by atoms with Gasteiger partial charge in [-0.2, -0.15) is 0 Å². The van der Waals surface area contributed by atoms with Gasteiger partial charge >= 0.3 is 6.09 Å². The van der Waals surface area contributed by atoms with Gasteiger partial charge in [-0.05, 0) is 29.1 Å². The van der Waals surface area contributed by atoms with Crippen molar-refractivity contribution in [3.05, 3.63) is 47.3 Å². The Hall–Kier alpha value is -2.06. The number of amides is 1. The summed E-state index contributed by atoms with van der Waals surface area (Å²) in [6, 6.07) is 9.99. The number of rotatable bonds is 4. The number of benzene rings is 1. The van der Waals surface area contributed by atoms with Gasteiger partial charge in [0.1, 0.15) is 10.3 Å². The molecule has 3 rings (SSSR count). The second-order valence-electron chi connectivity index (χ2n) is 4.43. The number of thiophene rings is 1. The third-order valence-corrected chi connectivity index (χ3v) is 5.75. The second kappa shape index (κ2) is 5.38. The second-order valence-corrected chi connectivity index (χ2v) is 7.29. The van der Waals surface area contributed by atoms with Gasteiger partial charge in [-0.1, -0.05) is 18.2 Å². The molecule has 2 aromatic rings. The van der Waals surface area contributed by atoms with Crippen molar-refractivity contribution in [1.29, 1.82) is 0 Å². The lowest BCUT2D eigenvalue weighted by Crippen LogP contribution is -2.12. The number of carbonyl (C=O) groups excluding carboxylic acids is 1. The van der Waals surface area contributed by atoms with E-state index in [0.717, 1.165) is 16.9 Å². The Morgan fingerprint density at radius 2 is 2.00 bits per heavy atom. The van der Waals surface area contributed by atoms with E-state index < -0.39 is 16.1 Å². The summed E-state index contributed by atoms with van der Waals surface area (Å²) in [5.74, 6) is 0. The molecule has 1 saturated heterocycles. The molecule has 0 bridgehead atoms. The van der Waals surface area contributed by atoms with E-state index in [1.165, 1.54) is 0 Å². The molecule has 1 atom stereocenters. The molecule has 0 radical (unpaired) electrons. The number of hydrogen-bond acceptors (Lipinski definition) is 5. The largest absolute Gasteiger partial charge is 0.439 e. The van der Waals surface area contributed by atoms with Crippen LogP contribution in [0.3, 0.4) is 0 Å². The summed E-state index contributed by atoms with van der Waals surface area (Å²) < 4.78 is 32.0. The Kier molecular flexibility index (Phi) is 3.56. The van der Waals surface area contributed by atoms with Crippen molar-refractivity contribution in [2.75, 3.05) is 11.3 Å². The smallest absolute Gasteiger partial charge is 0.407 e. The normalized spacial score (nSPS) is 18.1. The molecule has 110 valence electrons. The van der Waals surface area contributed by atoms with Gasteiger partial charge in [-0.15, -0.1) is 11.3 Å². The van der Waals surface area contributed by atoms with Gasteiger partial charge < -0.3 is 10.1 Å². The lowest BCUT2D eigenvalue weighted by molar-refractivity contribution is 0.141.